The molecule has 2 aliphatic rings. The molecule has 2 aromatic heterocycles. The van der Waals surface area contributed by atoms with Gasteiger partial charge in [-0.3, -0.25) is 4.79 Å². The molecule has 2 aliphatic heterocycles. The number of rotatable bonds is 6. The number of carbonyl (C=O) groups is 1. The summed E-state index contributed by atoms with van der Waals surface area (Å²) in [7, 11) is 0. The summed E-state index contributed by atoms with van der Waals surface area (Å²) in [5, 5.41) is 7.78. The molecule has 4 heterocycles. The second-order valence-corrected chi connectivity index (χ2v) is 9.09. The van der Waals surface area contributed by atoms with Crippen molar-refractivity contribution in [2.24, 2.45) is 5.92 Å². The van der Waals surface area contributed by atoms with E-state index in [1.165, 1.54) is 10.5 Å². The summed E-state index contributed by atoms with van der Waals surface area (Å²) in [5.41, 5.74) is 2.98. The summed E-state index contributed by atoms with van der Waals surface area (Å²) in [6.07, 6.45) is 7.81. The molecule has 1 saturated heterocycles. The number of carbonyl (C=O) groups excluding carboxylic acids is 1. The lowest BCUT2D eigenvalue weighted by Gasteiger charge is -2.28. The Morgan fingerprint density at radius 2 is 1.77 bits per heavy atom. The Labute approximate surface area is 203 Å². The van der Waals surface area contributed by atoms with Crippen LogP contribution in [0, 0.1) is 5.92 Å². The van der Waals surface area contributed by atoms with E-state index in [2.05, 4.69) is 34.4 Å². The average Bonchev–Trinajstić information content (AvgIpc) is 3.65. The van der Waals surface area contributed by atoms with Crippen molar-refractivity contribution >= 4 is 11.6 Å². The predicted octanol–water partition coefficient (Wildman–Crippen LogP) is 2.83. The second-order valence-electron chi connectivity index (χ2n) is 9.09. The molecule has 0 aliphatic carbocycles. The summed E-state index contributed by atoms with van der Waals surface area (Å²) in [6.45, 7) is 2.99. The van der Waals surface area contributed by atoms with E-state index < -0.39 is 0 Å². The fourth-order valence-corrected chi connectivity index (χ4v) is 4.96. The summed E-state index contributed by atoms with van der Waals surface area (Å²) in [4.78, 5) is 14.4. The largest absolute Gasteiger partial charge is 0.454 e. The van der Waals surface area contributed by atoms with Crippen LogP contribution >= 0.6 is 0 Å². The van der Waals surface area contributed by atoms with Crippen LogP contribution in [0.2, 0.25) is 0 Å². The summed E-state index contributed by atoms with van der Waals surface area (Å²) in [5.74, 6) is 2.55. The highest BCUT2D eigenvalue weighted by molar-refractivity contribution is 5.93. The van der Waals surface area contributed by atoms with Crippen molar-refractivity contribution in [1.82, 2.24) is 14.3 Å². The van der Waals surface area contributed by atoms with Crippen molar-refractivity contribution in [3.05, 3.63) is 84.8 Å². The zero-order valence-corrected chi connectivity index (χ0v) is 19.4. The highest BCUT2D eigenvalue weighted by Crippen LogP contribution is 2.34. The molecule has 0 radical (unpaired) electrons. The Morgan fingerprint density at radius 1 is 1.00 bits per heavy atom. The van der Waals surface area contributed by atoms with Crippen molar-refractivity contribution in [2.45, 2.75) is 19.4 Å². The van der Waals surface area contributed by atoms with Gasteiger partial charge in [-0.15, -0.1) is 0 Å². The molecule has 0 unspecified atom stereocenters. The molecule has 4 aromatic rings. The number of fused-ring (bicyclic) bond motifs is 1. The van der Waals surface area contributed by atoms with Crippen LogP contribution in [0.15, 0.2) is 79.3 Å². The van der Waals surface area contributed by atoms with Crippen molar-refractivity contribution in [3.63, 3.8) is 0 Å². The molecule has 8 heteroatoms. The number of nitrogens with one attached hydrogen (secondary N) is 2. The van der Waals surface area contributed by atoms with E-state index in [9.17, 15) is 4.79 Å². The van der Waals surface area contributed by atoms with Gasteiger partial charge in [-0.2, -0.15) is 5.10 Å². The van der Waals surface area contributed by atoms with Gasteiger partial charge in [-0.1, -0.05) is 18.2 Å². The minimum atomic E-state index is 0.0140. The van der Waals surface area contributed by atoms with Crippen LogP contribution in [0.3, 0.4) is 0 Å². The molecule has 2 aromatic carbocycles. The van der Waals surface area contributed by atoms with E-state index in [0.29, 0.717) is 5.75 Å². The van der Waals surface area contributed by atoms with Gasteiger partial charge in [-0.25, -0.2) is 4.68 Å². The maximum absolute atomic E-state index is 12.9. The minimum absolute atomic E-state index is 0.0140. The number of para-hydroxylation sites is 1. The van der Waals surface area contributed by atoms with Crippen molar-refractivity contribution in [1.29, 1.82) is 0 Å². The van der Waals surface area contributed by atoms with Crippen LogP contribution in [0.4, 0.5) is 5.69 Å². The molecule has 178 valence electrons. The quantitative estimate of drug-likeness (QED) is 0.455. The van der Waals surface area contributed by atoms with Gasteiger partial charge in [-0.05, 0) is 36.4 Å². The van der Waals surface area contributed by atoms with Gasteiger partial charge in [0.25, 0.3) is 0 Å². The highest BCUT2D eigenvalue weighted by atomic mass is 16.7. The van der Waals surface area contributed by atoms with Crippen LogP contribution < -0.4 is 19.7 Å². The fourth-order valence-electron chi connectivity index (χ4n) is 4.96. The lowest BCUT2D eigenvalue weighted by molar-refractivity contribution is -0.919. The van der Waals surface area contributed by atoms with Crippen molar-refractivity contribution < 1.29 is 19.2 Å². The normalized spacial score (nSPS) is 19.0. The Balaban J connectivity index is 1.12. The number of benzene rings is 2. The number of hydrogen-bond donors (Lipinski definition) is 2. The zero-order valence-electron chi connectivity index (χ0n) is 19.4. The fraction of sp³-hybridized carbons (Fsp3) is 0.259. The maximum atomic E-state index is 12.9. The first-order valence-corrected chi connectivity index (χ1v) is 12.0. The molecule has 0 saturated carbocycles. The van der Waals surface area contributed by atoms with Gasteiger partial charge in [0, 0.05) is 42.9 Å². The molecule has 1 fully saturated rings. The number of quaternary nitrogens is 1. The summed E-state index contributed by atoms with van der Waals surface area (Å²) in [6, 6.07) is 19.8. The van der Waals surface area contributed by atoms with Crippen molar-refractivity contribution in [3.8, 4) is 23.0 Å². The first kappa shape index (κ1) is 21.5. The molecule has 0 atom stereocenters. The molecular formula is C27H28N5O3+. The Kier molecular flexibility index (Phi) is 5.71. The first-order valence-electron chi connectivity index (χ1n) is 12.0. The van der Waals surface area contributed by atoms with Gasteiger partial charge in [0.05, 0.1) is 30.5 Å². The first-order chi connectivity index (χ1) is 17.2. The number of hydrogen-bond acceptors (Lipinski definition) is 4. The van der Waals surface area contributed by atoms with Gasteiger partial charge in [0.2, 0.25) is 12.7 Å². The third kappa shape index (κ3) is 4.40. The molecule has 0 spiro atoms. The number of nitrogens with zero attached hydrogens (tertiary/aromatic N) is 3. The van der Waals surface area contributed by atoms with E-state index in [0.717, 1.165) is 55.4 Å². The molecule has 8 nitrogen and oxygen atoms in total. The number of amides is 1. The SMILES string of the molecule is O=C(Nc1ccc2c(c1)OCO2)C1CC[NH+](Cc2cnn(-c3ccccc3)c2-n2cccc2)CC1. The molecule has 35 heavy (non-hydrogen) atoms. The number of likely N-dealkylation sites (tertiary alicyclic amines) is 1. The molecular weight excluding hydrogens is 442 g/mol. The summed E-state index contributed by atoms with van der Waals surface area (Å²) < 4.78 is 14.9. The third-order valence-corrected chi connectivity index (χ3v) is 6.81. The Morgan fingerprint density at radius 3 is 2.57 bits per heavy atom. The standard InChI is InChI=1S/C27H27N5O3/c33-26(29-22-8-9-24-25(16-22)35-19-34-24)20-10-14-30(15-11-20)18-21-17-28-32(23-6-2-1-3-7-23)27(21)31-12-4-5-13-31/h1-9,12-13,16-17,20H,10-11,14-15,18-19H2,(H,29,33)/p+1. The second kappa shape index (κ2) is 9.31. The minimum Gasteiger partial charge on any atom is -0.454 e. The van der Waals surface area contributed by atoms with Gasteiger partial charge in [0.1, 0.15) is 12.4 Å². The van der Waals surface area contributed by atoms with E-state index in [1.807, 2.05) is 59.4 Å². The molecule has 2 N–H and O–H groups in total. The van der Waals surface area contributed by atoms with E-state index in [1.54, 1.807) is 0 Å². The van der Waals surface area contributed by atoms with Gasteiger partial charge in [0.15, 0.2) is 11.5 Å². The predicted molar refractivity (Wildman–Crippen MR) is 131 cm³/mol. The number of ether oxygens (including phenoxy) is 2. The highest BCUT2D eigenvalue weighted by Gasteiger charge is 2.29. The third-order valence-electron chi connectivity index (χ3n) is 6.81. The molecule has 1 amide bonds. The smallest absolute Gasteiger partial charge is 0.231 e. The Bertz CT molecular complexity index is 1310. The number of aromatic nitrogens is 3. The van der Waals surface area contributed by atoms with Gasteiger partial charge >= 0.3 is 0 Å². The van der Waals surface area contributed by atoms with Crippen LogP contribution in [-0.2, 0) is 11.3 Å². The maximum Gasteiger partial charge on any atom is 0.231 e. The van der Waals surface area contributed by atoms with Crippen LogP contribution in [0.5, 0.6) is 11.5 Å². The monoisotopic (exact) mass is 470 g/mol. The molecule has 0 bridgehead atoms. The van der Waals surface area contributed by atoms with Crippen LogP contribution in [0.25, 0.3) is 11.5 Å². The Hall–Kier alpha value is -4.04. The zero-order chi connectivity index (χ0) is 23.6. The number of anilines is 1. The van der Waals surface area contributed by atoms with E-state index in [4.69, 9.17) is 14.6 Å². The average molecular weight is 471 g/mol. The topological polar surface area (TPSA) is 74.8 Å². The van der Waals surface area contributed by atoms with Crippen LogP contribution in [0.1, 0.15) is 18.4 Å². The lowest BCUT2D eigenvalue weighted by Crippen LogP contribution is -3.11. The lowest BCUT2D eigenvalue weighted by atomic mass is 9.95. The van der Waals surface area contributed by atoms with E-state index >= 15 is 0 Å². The van der Waals surface area contributed by atoms with E-state index in [-0.39, 0.29) is 18.6 Å². The summed E-state index contributed by atoms with van der Waals surface area (Å²) >= 11 is 0. The number of piperidine rings is 1. The van der Waals surface area contributed by atoms with Crippen LogP contribution in [-0.4, -0.2) is 40.1 Å². The van der Waals surface area contributed by atoms with Gasteiger partial charge < -0.3 is 24.3 Å². The molecule has 6 rings (SSSR count). The van der Waals surface area contributed by atoms with Crippen molar-refractivity contribution in [2.75, 3.05) is 25.2 Å².